The van der Waals surface area contributed by atoms with Crippen molar-refractivity contribution in [2.24, 2.45) is 0 Å². The van der Waals surface area contributed by atoms with Gasteiger partial charge in [-0.15, -0.1) is 12.4 Å². The van der Waals surface area contributed by atoms with E-state index in [2.05, 4.69) is 15.3 Å². The van der Waals surface area contributed by atoms with Crippen LogP contribution in [0.5, 0.6) is 0 Å². The minimum absolute atomic E-state index is 0. The topological polar surface area (TPSA) is 54.9 Å². The van der Waals surface area contributed by atoms with E-state index in [1.54, 1.807) is 54.9 Å². The van der Waals surface area contributed by atoms with Gasteiger partial charge in [0.1, 0.15) is 0 Å². The molecule has 4 aromatic rings. The van der Waals surface area contributed by atoms with Gasteiger partial charge < -0.3 is 5.32 Å². The molecule has 158 valence electrons. The van der Waals surface area contributed by atoms with Gasteiger partial charge in [0.25, 0.3) is 5.91 Å². The Hall–Kier alpha value is -3.16. The molecule has 0 fully saturated rings. The first-order valence-electron chi connectivity index (χ1n) is 8.81. The highest BCUT2D eigenvalue weighted by molar-refractivity contribution is 6.31. The number of hydrogen-bond acceptors (Lipinski definition) is 3. The van der Waals surface area contributed by atoms with Crippen molar-refractivity contribution in [3.63, 3.8) is 0 Å². The highest BCUT2D eigenvalue weighted by Gasteiger charge is 2.33. The smallest absolute Gasteiger partial charge is 0.322 e. The number of para-hydroxylation sites is 1. The molecule has 0 radical (unpaired) electrons. The molecule has 0 aliphatic rings. The molecule has 4 nitrogen and oxygen atoms in total. The van der Waals surface area contributed by atoms with E-state index >= 15 is 0 Å². The second-order valence-electron chi connectivity index (χ2n) is 6.45. The molecule has 9 heteroatoms. The van der Waals surface area contributed by atoms with Gasteiger partial charge in [0.15, 0.2) is 0 Å². The molecule has 2 aromatic carbocycles. The zero-order valence-electron chi connectivity index (χ0n) is 15.7. The maximum atomic E-state index is 13.1. The van der Waals surface area contributed by atoms with Crippen molar-refractivity contribution in [2.75, 3.05) is 5.32 Å². The summed E-state index contributed by atoms with van der Waals surface area (Å²) in [5, 5.41) is 2.68. The molecule has 1 N–H and O–H groups in total. The van der Waals surface area contributed by atoms with Gasteiger partial charge >= 0.3 is 6.18 Å². The minimum atomic E-state index is -4.63. The Morgan fingerprint density at radius 1 is 0.968 bits per heavy atom. The molecule has 31 heavy (non-hydrogen) atoms. The number of carbonyl (C=O) groups excluding carboxylic acids is 1. The molecule has 2 aromatic heterocycles. The Kier molecular flexibility index (Phi) is 6.48. The predicted octanol–water partition coefficient (Wildman–Crippen LogP) is 6.64. The van der Waals surface area contributed by atoms with Gasteiger partial charge in [-0.3, -0.25) is 9.78 Å². The number of fused-ring (bicyclic) bond motifs is 1. The van der Waals surface area contributed by atoms with E-state index < -0.39 is 22.7 Å². The van der Waals surface area contributed by atoms with Gasteiger partial charge in [0, 0.05) is 29.0 Å². The average molecular weight is 464 g/mol. The van der Waals surface area contributed by atoms with Gasteiger partial charge in [-0.1, -0.05) is 29.8 Å². The Morgan fingerprint density at radius 2 is 1.68 bits per heavy atom. The molecule has 0 atom stereocenters. The second kappa shape index (κ2) is 8.91. The minimum Gasteiger partial charge on any atom is -0.322 e. The molecule has 0 aliphatic heterocycles. The van der Waals surface area contributed by atoms with E-state index in [0.717, 1.165) is 17.7 Å². The highest BCUT2D eigenvalue weighted by Crippen LogP contribution is 2.36. The maximum absolute atomic E-state index is 13.1. The summed E-state index contributed by atoms with van der Waals surface area (Å²) in [4.78, 5) is 21.5. The van der Waals surface area contributed by atoms with E-state index in [1.165, 1.54) is 6.07 Å². The molecule has 1 amide bonds. The number of alkyl halides is 3. The van der Waals surface area contributed by atoms with Crippen molar-refractivity contribution in [1.29, 1.82) is 0 Å². The summed E-state index contributed by atoms with van der Waals surface area (Å²) < 4.78 is 39.4. The number of carbonyl (C=O) groups is 1. The quantitative estimate of drug-likeness (QED) is 0.370. The second-order valence-corrected chi connectivity index (χ2v) is 6.86. The number of hydrogen-bond donors (Lipinski definition) is 1. The molecule has 0 aliphatic carbocycles. The molecule has 0 saturated heterocycles. The van der Waals surface area contributed by atoms with Gasteiger partial charge in [-0.2, -0.15) is 13.2 Å². The van der Waals surface area contributed by atoms with Gasteiger partial charge in [0.2, 0.25) is 0 Å². The molecule has 2 heterocycles. The lowest BCUT2D eigenvalue weighted by Gasteiger charge is -2.13. The zero-order chi connectivity index (χ0) is 21.3. The number of benzene rings is 2. The third-order valence-corrected chi connectivity index (χ3v) is 4.80. The number of anilines is 1. The van der Waals surface area contributed by atoms with Gasteiger partial charge in [0.05, 0.1) is 27.4 Å². The van der Waals surface area contributed by atoms with E-state index in [1.807, 2.05) is 0 Å². The van der Waals surface area contributed by atoms with Crippen LogP contribution in [0.25, 0.3) is 22.2 Å². The van der Waals surface area contributed by atoms with E-state index in [9.17, 15) is 18.0 Å². The molecular formula is C22H14Cl2F3N3O. The van der Waals surface area contributed by atoms with Crippen molar-refractivity contribution in [1.82, 2.24) is 9.97 Å². The molecule has 0 spiro atoms. The van der Waals surface area contributed by atoms with E-state index in [4.69, 9.17) is 11.6 Å². The molecular weight excluding hydrogens is 450 g/mol. The number of pyridine rings is 2. The fraction of sp³-hybridized carbons (Fsp3) is 0.0455. The Bertz CT molecular complexity index is 1250. The SMILES string of the molecule is Cl.O=C(Nc1ccc(Cl)c(C(F)(F)F)c1)c1cc(-c2ccncc2)nc2ccccc12. The summed E-state index contributed by atoms with van der Waals surface area (Å²) >= 11 is 5.66. The van der Waals surface area contributed by atoms with Crippen LogP contribution in [0.1, 0.15) is 15.9 Å². The summed E-state index contributed by atoms with van der Waals surface area (Å²) in [6.45, 7) is 0. The maximum Gasteiger partial charge on any atom is 0.417 e. The predicted molar refractivity (Wildman–Crippen MR) is 117 cm³/mol. The Balaban J connectivity index is 0.00000272. The first-order valence-corrected chi connectivity index (χ1v) is 9.19. The van der Waals surface area contributed by atoms with Crippen molar-refractivity contribution < 1.29 is 18.0 Å². The first-order chi connectivity index (χ1) is 14.3. The summed E-state index contributed by atoms with van der Waals surface area (Å²) in [5.41, 5.74) is 1.16. The van der Waals surface area contributed by atoms with Crippen molar-refractivity contribution in [3.05, 3.63) is 89.2 Å². The third kappa shape index (κ3) is 4.78. The molecule has 0 bridgehead atoms. The Morgan fingerprint density at radius 3 is 2.39 bits per heavy atom. The van der Waals surface area contributed by atoms with Crippen LogP contribution >= 0.6 is 24.0 Å². The van der Waals surface area contributed by atoms with Crippen LogP contribution in [0.4, 0.5) is 18.9 Å². The third-order valence-electron chi connectivity index (χ3n) is 4.47. The van der Waals surface area contributed by atoms with Crippen LogP contribution in [0.2, 0.25) is 5.02 Å². The van der Waals surface area contributed by atoms with E-state index in [-0.39, 0.29) is 23.7 Å². The largest absolute Gasteiger partial charge is 0.417 e. The number of rotatable bonds is 3. The number of halogens is 5. The normalized spacial score (nSPS) is 11.1. The zero-order valence-corrected chi connectivity index (χ0v) is 17.2. The highest BCUT2D eigenvalue weighted by atomic mass is 35.5. The molecule has 0 unspecified atom stereocenters. The lowest BCUT2D eigenvalue weighted by Crippen LogP contribution is -2.14. The number of amides is 1. The van der Waals surface area contributed by atoms with Crippen molar-refractivity contribution in [3.8, 4) is 11.3 Å². The summed E-state index contributed by atoms with van der Waals surface area (Å²) in [6.07, 6.45) is -1.41. The fourth-order valence-electron chi connectivity index (χ4n) is 3.05. The molecule has 0 saturated carbocycles. The van der Waals surface area contributed by atoms with Crippen molar-refractivity contribution >= 4 is 46.5 Å². The van der Waals surface area contributed by atoms with Gasteiger partial charge in [-0.25, -0.2) is 4.98 Å². The summed E-state index contributed by atoms with van der Waals surface area (Å²) in [7, 11) is 0. The number of nitrogens with zero attached hydrogens (tertiary/aromatic N) is 2. The standard InChI is InChI=1S/C22H13ClF3N3O.ClH/c23-18-6-5-14(11-17(18)22(24,25)26)28-21(30)16-12-20(13-7-9-27-10-8-13)29-19-4-2-1-3-15(16)19;/h1-12H,(H,28,30);1H. The monoisotopic (exact) mass is 463 g/mol. The Labute approximate surface area is 186 Å². The number of nitrogens with one attached hydrogen (secondary N) is 1. The van der Waals surface area contributed by atoms with Crippen LogP contribution in [0, 0.1) is 0 Å². The number of aromatic nitrogens is 2. The summed E-state index contributed by atoms with van der Waals surface area (Å²) in [6, 6.07) is 15.4. The van der Waals surface area contributed by atoms with E-state index in [0.29, 0.717) is 16.6 Å². The first kappa shape index (κ1) is 22.5. The van der Waals surface area contributed by atoms with Crippen LogP contribution in [-0.2, 0) is 6.18 Å². The lowest BCUT2D eigenvalue weighted by molar-refractivity contribution is -0.137. The van der Waals surface area contributed by atoms with Crippen molar-refractivity contribution in [2.45, 2.75) is 6.18 Å². The van der Waals surface area contributed by atoms with Crippen LogP contribution < -0.4 is 5.32 Å². The summed E-state index contributed by atoms with van der Waals surface area (Å²) in [5.74, 6) is -0.556. The average Bonchev–Trinajstić information content (AvgIpc) is 2.74. The van der Waals surface area contributed by atoms with Crippen LogP contribution in [0.3, 0.4) is 0 Å². The van der Waals surface area contributed by atoms with Gasteiger partial charge in [-0.05, 0) is 42.5 Å². The van der Waals surface area contributed by atoms with Crippen LogP contribution in [0.15, 0.2) is 73.1 Å². The van der Waals surface area contributed by atoms with Crippen LogP contribution in [-0.4, -0.2) is 15.9 Å². The lowest BCUT2D eigenvalue weighted by atomic mass is 10.0. The fourth-order valence-corrected chi connectivity index (χ4v) is 3.28. The molecule has 4 rings (SSSR count).